The van der Waals surface area contributed by atoms with Gasteiger partial charge in [-0.2, -0.15) is 0 Å². The van der Waals surface area contributed by atoms with Gasteiger partial charge in [-0.25, -0.2) is 0 Å². The molecule has 4 nitrogen and oxygen atoms in total. The van der Waals surface area contributed by atoms with Gasteiger partial charge in [0.25, 0.3) is 0 Å². The lowest BCUT2D eigenvalue weighted by Crippen LogP contribution is -2.36. The van der Waals surface area contributed by atoms with Crippen molar-refractivity contribution in [2.24, 2.45) is 28.5 Å². The van der Waals surface area contributed by atoms with Crippen molar-refractivity contribution in [1.29, 1.82) is 0 Å². The van der Waals surface area contributed by atoms with Crippen LogP contribution in [0.1, 0.15) is 32.1 Å². The maximum Gasteiger partial charge on any atom is 0.119 e. The van der Waals surface area contributed by atoms with Crippen LogP contribution in [0.2, 0.25) is 0 Å². The third kappa shape index (κ3) is 2.55. The van der Waals surface area contributed by atoms with Crippen LogP contribution in [0.5, 0.6) is 0 Å². The third-order valence-electron chi connectivity index (χ3n) is 5.47. The largest absolute Gasteiger partial charge is 0.493 e. The number of ether oxygens (including phenoxy) is 1. The normalized spacial score (nSPS) is 42.2. The van der Waals surface area contributed by atoms with E-state index in [-0.39, 0.29) is 6.04 Å². The quantitative estimate of drug-likeness (QED) is 0.816. The van der Waals surface area contributed by atoms with Gasteiger partial charge in [-0.1, -0.05) is 6.08 Å². The highest BCUT2D eigenvalue weighted by Crippen LogP contribution is 2.38. The van der Waals surface area contributed by atoms with Gasteiger partial charge in [0.15, 0.2) is 0 Å². The molecule has 1 aliphatic carbocycles. The maximum absolute atomic E-state index is 6.30. The van der Waals surface area contributed by atoms with Gasteiger partial charge in [0.2, 0.25) is 0 Å². The van der Waals surface area contributed by atoms with Crippen molar-refractivity contribution in [3.8, 4) is 0 Å². The highest BCUT2D eigenvalue weighted by Gasteiger charge is 2.36. The summed E-state index contributed by atoms with van der Waals surface area (Å²) in [6.07, 6.45) is 13.0. The molecule has 4 aliphatic rings. The molecule has 0 aromatic carbocycles. The molecule has 1 saturated heterocycles. The van der Waals surface area contributed by atoms with Crippen LogP contribution in [0.3, 0.4) is 0 Å². The lowest BCUT2D eigenvalue weighted by atomic mass is 9.75. The van der Waals surface area contributed by atoms with Gasteiger partial charge < -0.3 is 10.5 Å². The SMILES string of the molecule is NC1CCC(C2C=NC3NCCC3C2)C=C1C1=CCCO1. The Kier molecular flexibility index (Phi) is 3.59. The molecule has 0 saturated carbocycles. The molecule has 5 unspecified atom stereocenters. The number of nitrogens with one attached hydrogen (secondary N) is 1. The molecule has 1 fully saturated rings. The van der Waals surface area contributed by atoms with Crippen molar-refractivity contribution in [2.75, 3.05) is 13.2 Å². The summed E-state index contributed by atoms with van der Waals surface area (Å²) >= 11 is 0. The topological polar surface area (TPSA) is 59.6 Å². The van der Waals surface area contributed by atoms with E-state index in [2.05, 4.69) is 23.7 Å². The highest BCUT2D eigenvalue weighted by atomic mass is 16.5. The van der Waals surface area contributed by atoms with E-state index in [4.69, 9.17) is 15.5 Å². The van der Waals surface area contributed by atoms with Gasteiger partial charge in [-0.05, 0) is 50.1 Å². The number of hydrogen-bond donors (Lipinski definition) is 2. The molecule has 3 heterocycles. The first-order valence-corrected chi connectivity index (χ1v) is 8.38. The summed E-state index contributed by atoms with van der Waals surface area (Å²) in [6.45, 7) is 1.93. The molecule has 0 amide bonds. The molecular formula is C17H25N3O. The number of allylic oxidation sites excluding steroid dienone is 1. The average Bonchev–Trinajstić information content (AvgIpc) is 3.18. The van der Waals surface area contributed by atoms with E-state index in [0.717, 1.165) is 37.7 Å². The van der Waals surface area contributed by atoms with Gasteiger partial charge in [-0.3, -0.25) is 10.3 Å². The Morgan fingerprint density at radius 1 is 1.24 bits per heavy atom. The van der Waals surface area contributed by atoms with E-state index >= 15 is 0 Å². The second kappa shape index (κ2) is 5.58. The number of hydrogen-bond acceptors (Lipinski definition) is 4. The van der Waals surface area contributed by atoms with Crippen molar-refractivity contribution in [3.05, 3.63) is 23.5 Å². The van der Waals surface area contributed by atoms with E-state index in [1.165, 1.54) is 24.8 Å². The molecule has 0 aromatic heterocycles. The lowest BCUT2D eigenvalue weighted by molar-refractivity contribution is 0.243. The minimum Gasteiger partial charge on any atom is -0.493 e. The molecule has 21 heavy (non-hydrogen) atoms. The minimum absolute atomic E-state index is 0.145. The maximum atomic E-state index is 6.30. The Bertz CT molecular complexity index is 496. The smallest absolute Gasteiger partial charge is 0.119 e. The van der Waals surface area contributed by atoms with E-state index < -0.39 is 0 Å². The van der Waals surface area contributed by atoms with E-state index in [1.807, 2.05) is 0 Å². The summed E-state index contributed by atoms with van der Waals surface area (Å²) in [6, 6.07) is 0.145. The monoisotopic (exact) mass is 287 g/mol. The summed E-state index contributed by atoms with van der Waals surface area (Å²) in [7, 11) is 0. The number of aliphatic imine (C=N–C) groups is 1. The molecule has 5 atom stereocenters. The van der Waals surface area contributed by atoms with Crippen molar-refractivity contribution in [2.45, 2.75) is 44.3 Å². The number of nitrogens with two attached hydrogens (primary N) is 1. The molecule has 4 heteroatoms. The predicted molar refractivity (Wildman–Crippen MR) is 83.9 cm³/mol. The zero-order valence-electron chi connectivity index (χ0n) is 12.5. The van der Waals surface area contributed by atoms with Crippen LogP contribution in [0.4, 0.5) is 0 Å². The molecular weight excluding hydrogens is 262 g/mol. The van der Waals surface area contributed by atoms with E-state index in [1.54, 1.807) is 0 Å². The predicted octanol–water partition coefficient (Wildman–Crippen LogP) is 1.98. The van der Waals surface area contributed by atoms with Crippen molar-refractivity contribution >= 4 is 6.21 Å². The Morgan fingerprint density at radius 3 is 3.05 bits per heavy atom. The minimum atomic E-state index is 0.145. The molecule has 4 rings (SSSR count). The van der Waals surface area contributed by atoms with Crippen molar-refractivity contribution in [1.82, 2.24) is 5.32 Å². The van der Waals surface area contributed by atoms with E-state index in [9.17, 15) is 0 Å². The molecule has 3 aliphatic heterocycles. The summed E-state index contributed by atoms with van der Waals surface area (Å²) in [5, 5.41) is 3.48. The summed E-state index contributed by atoms with van der Waals surface area (Å²) in [4.78, 5) is 4.75. The summed E-state index contributed by atoms with van der Waals surface area (Å²) in [5.74, 6) is 2.93. The average molecular weight is 287 g/mol. The van der Waals surface area contributed by atoms with Crippen molar-refractivity contribution < 1.29 is 4.74 Å². The molecule has 0 spiro atoms. The molecule has 3 N–H and O–H groups in total. The van der Waals surface area contributed by atoms with E-state index in [0.29, 0.717) is 18.0 Å². The summed E-state index contributed by atoms with van der Waals surface area (Å²) < 4.78 is 5.74. The van der Waals surface area contributed by atoms with Crippen LogP contribution in [-0.2, 0) is 4.74 Å². The standard InChI is InChI=1S/C17H25N3O/c18-15-4-3-11(9-14(15)16-2-1-7-21-16)13-8-12-5-6-19-17(12)20-10-13/h2,9-13,15,17,19H,1,3-8,18H2. The van der Waals surface area contributed by atoms with Crippen LogP contribution in [0, 0.1) is 17.8 Å². The van der Waals surface area contributed by atoms with Gasteiger partial charge in [0.05, 0.1) is 6.61 Å². The van der Waals surface area contributed by atoms with Gasteiger partial charge in [0.1, 0.15) is 11.9 Å². The van der Waals surface area contributed by atoms with Crippen LogP contribution < -0.4 is 11.1 Å². The number of nitrogens with zero attached hydrogens (tertiary/aromatic N) is 1. The lowest BCUT2D eigenvalue weighted by Gasteiger charge is -2.34. The second-order valence-electron chi connectivity index (χ2n) is 6.82. The summed E-state index contributed by atoms with van der Waals surface area (Å²) in [5.41, 5.74) is 7.54. The number of rotatable bonds is 2. The third-order valence-corrected chi connectivity index (χ3v) is 5.47. The first kappa shape index (κ1) is 13.5. The number of fused-ring (bicyclic) bond motifs is 1. The Hall–Kier alpha value is -1.13. The first-order chi connectivity index (χ1) is 10.3. The van der Waals surface area contributed by atoms with Gasteiger partial charge in [-0.15, -0.1) is 0 Å². The van der Waals surface area contributed by atoms with Crippen LogP contribution >= 0.6 is 0 Å². The first-order valence-electron chi connectivity index (χ1n) is 8.38. The van der Waals surface area contributed by atoms with Crippen LogP contribution in [-0.4, -0.2) is 31.6 Å². The Labute approximate surface area is 126 Å². The zero-order chi connectivity index (χ0) is 14.2. The highest BCUT2D eigenvalue weighted by molar-refractivity contribution is 5.63. The zero-order valence-corrected chi connectivity index (χ0v) is 12.5. The fourth-order valence-electron chi connectivity index (χ4n) is 4.25. The van der Waals surface area contributed by atoms with Crippen LogP contribution in [0.15, 0.2) is 28.5 Å². The fourth-order valence-corrected chi connectivity index (χ4v) is 4.25. The second-order valence-corrected chi connectivity index (χ2v) is 6.82. The Morgan fingerprint density at radius 2 is 2.19 bits per heavy atom. The molecule has 0 aromatic rings. The fraction of sp³-hybridized carbons (Fsp3) is 0.706. The van der Waals surface area contributed by atoms with Crippen molar-refractivity contribution in [3.63, 3.8) is 0 Å². The molecule has 114 valence electrons. The Balaban J connectivity index is 1.53. The van der Waals surface area contributed by atoms with Crippen LogP contribution in [0.25, 0.3) is 0 Å². The molecule has 0 bridgehead atoms. The van der Waals surface area contributed by atoms with Gasteiger partial charge >= 0.3 is 0 Å². The molecule has 0 radical (unpaired) electrons. The van der Waals surface area contributed by atoms with Gasteiger partial charge in [0, 0.05) is 30.2 Å².